The van der Waals surface area contributed by atoms with E-state index >= 15 is 0 Å². The number of fused-ring (bicyclic) bond motifs is 13. The Morgan fingerprint density at radius 3 is 1.12 bits per heavy atom. The molecule has 0 aliphatic heterocycles. The number of hydrogen-bond acceptors (Lipinski definition) is 0. The van der Waals surface area contributed by atoms with Crippen LogP contribution in [-0.2, 0) is 16.2 Å². The van der Waals surface area contributed by atoms with Crippen LogP contribution in [0.25, 0.3) is 54.9 Å². The molecule has 0 heteroatoms. The molecule has 0 aromatic heterocycles. The molecule has 6 aromatic rings. The van der Waals surface area contributed by atoms with Gasteiger partial charge in [0.1, 0.15) is 0 Å². The summed E-state index contributed by atoms with van der Waals surface area (Å²) >= 11 is 0. The Kier molecular flexibility index (Phi) is 4.12. The summed E-state index contributed by atoms with van der Waals surface area (Å²) in [5.74, 6) is 0. The van der Waals surface area contributed by atoms with Gasteiger partial charge in [0.25, 0.3) is 0 Å². The summed E-state index contributed by atoms with van der Waals surface area (Å²) in [6.07, 6.45) is 0. The maximum atomic E-state index is 2.56. The van der Waals surface area contributed by atoms with Crippen LogP contribution in [0.2, 0.25) is 0 Å². The molecular weight excluding hydrogens is 492 g/mol. The van der Waals surface area contributed by atoms with Crippen LogP contribution in [0.1, 0.15) is 74.9 Å². The highest BCUT2D eigenvalue weighted by molar-refractivity contribution is 6.05. The lowest BCUT2D eigenvalue weighted by atomic mass is 9.78. The topological polar surface area (TPSA) is 0 Å². The summed E-state index contributed by atoms with van der Waals surface area (Å²) in [5.41, 5.74) is 17.1. The fourth-order valence-corrected chi connectivity index (χ4v) is 8.73. The standard InChI is InChI=1S/C41H34/c1-39(2)31-17-15-23-11-7-9-13-25(23)37(31)29-21-33-27(19-35(29)39)28-20-36-30(22-34(28)41(33,5)6)38-26-14-10-8-12-24(26)16-18-32(38)40(36,3)4/h7-22H,1-6H3. The summed E-state index contributed by atoms with van der Waals surface area (Å²) in [5, 5.41) is 5.38. The maximum Gasteiger partial charge on any atom is 0.0159 e. The van der Waals surface area contributed by atoms with Gasteiger partial charge in [-0.05, 0) is 113 Å². The Labute approximate surface area is 242 Å². The predicted molar refractivity (Wildman–Crippen MR) is 174 cm³/mol. The SMILES string of the molecule is CC1(C)c2cc3c(cc2-c2cc4c(cc21)-c1c(ccc2ccccc12)C4(C)C)C(C)(C)c1ccc2ccccc2c1-3. The van der Waals surface area contributed by atoms with E-state index in [2.05, 4.69) is 139 Å². The predicted octanol–water partition coefficient (Wildman–Crippen LogP) is 10.9. The fourth-order valence-electron chi connectivity index (χ4n) is 8.73. The first kappa shape index (κ1) is 23.5. The molecule has 0 radical (unpaired) electrons. The quantitative estimate of drug-likeness (QED) is 0.185. The molecule has 0 atom stereocenters. The normalized spacial score (nSPS) is 17.6. The summed E-state index contributed by atoms with van der Waals surface area (Å²) < 4.78 is 0. The smallest absolute Gasteiger partial charge is 0.0159 e. The van der Waals surface area contributed by atoms with Crippen molar-refractivity contribution < 1.29 is 0 Å². The minimum Gasteiger partial charge on any atom is -0.0616 e. The van der Waals surface area contributed by atoms with Gasteiger partial charge in [0.2, 0.25) is 0 Å². The van der Waals surface area contributed by atoms with E-state index in [-0.39, 0.29) is 16.2 Å². The van der Waals surface area contributed by atoms with Crippen molar-refractivity contribution in [3.63, 3.8) is 0 Å². The van der Waals surface area contributed by atoms with Crippen LogP contribution in [0.5, 0.6) is 0 Å². The molecule has 0 saturated carbocycles. The van der Waals surface area contributed by atoms with Crippen LogP contribution in [0.4, 0.5) is 0 Å². The Bertz CT molecular complexity index is 2010. The van der Waals surface area contributed by atoms with Crippen molar-refractivity contribution >= 4 is 21.5 Å². The lowest BCUT2D eigenvalue weighted by Gasteiger charge is -2.24. The molecule has 41 heavy (non-hydrogen) atoms. The van der Waals surface area contributed by atoms with Crippen molar-refractivity contribution in [2.45, 2.75) is 57.8 Å². The number of hydrogen-bond donors (Lipinski definition) is 0. The van der Waals surface area contributed by atoms with Crippen LogP contribution in [0, 0.1) is 0 Å². The van der Waals surface area contributed by atoms with Gasteiger partial charge in [0.15, 0.2) is 0 Å². The van der Waals surface area contributed by atoms with Gasteiger partial charge in [-0.1, -0.05) is 114 Å². The zero-order chi connectivity index (χ0) is 28.1. The van der Waals surface area contributed by atoms with Gasteiger partial charge < -0.3 is 0 Å². The van der Waals surface area contributed by atoms with Gasteiger partial charge in [-0.2, -0.15) is 0 Å². The van der Waals surface area contributed by atoms with Gasteiger partial charge in [0, 0.05) is 16.2 Å². The molecule has 0 N–H and O–H groups in total. The zero-order valence-corrected chi connectivity index (χ0v) is 24.7. The van der Waals surface area contributed by atoms with Crippen molar-refractivity contribution in [2.75, 3.05) is 0 Å². The molecule has 198 valence electrons. The molecule has 0 heterocycles. The molecule has 3 aliphatic rings. The van der Waals surface area contributed by atoms with E-state index in [0.29, 0.717) is 0 Å². The third-order valence-electron chi connectivity index (χ3n) is 11.0. The minimum atomic E-state index is -0.0797. The van der Waals surface area contributed by atoms with E-state index in [4.69, 9.17) is 0 Å². The van der Waals surface area contributed by atoms with E-state index in [1.165, 1.54) is 88.3 Å². The summed E-state index contributed by atoms with van der Waals surface area (Å²) in [6.45, 7) is 14.5. The van der Waals surface area contributed by atoms with Crippen LogP contribution in [0.3, 0.4) is 0 Å². The third kappa shape index (κ3) is 2.68. The summed E-state index contributed by atoms with van der Waals surface area (Å²) in [4.78, 5) is 0. The first-order chi connectivity index (χ1) is 19.6. The maximum absolute atomic E-state index is 2.56. The van der Waals surface area contributed by atoms with Crippen LogP contribution >= 0.6 is 0 Å². The van der Waals surface area contributed by atoms with Crippen molar-refractivity contribution in [1.82, 2.24) is 0 Å². The van der Waals surface area contributed by atoms with E-state index in [0.717, 1.165) is 0 Å². The Morgan fingerprint density at radius 1 is 0.341 bits per heavy atom. The van der Waals surface area contributed by atoms with Crippen molar-refractivity contribution in [3.05, 3.63) is 130 Å². The number of benzene rings is 6. The molecule has 6 aromatic carbocycles. The zero-order valence-electron chi connectivity index (χ0n) is 24.7. The van der Waals surface area contributed by atoms with Gasteiger partial charge in [-0.25, -0.2) is 0 Å². The first-order valence-corrected chi connectivity index (χ1v) is 15.0. The molecule has 0 spiro atoms. The van der Waals surface area contributed by atoms with Crippen molar-refractivity contribution in [3.8, 4) is 33.4 Å². The Hall–Kier alpha value is -4.16. The van der Waals surface area contributed by atoms with Gasteiger partial charge in [-0.15, -0.1) is 0 Å². The highest BCUT2D eigenvalue weighted by Gasteiger charge is 2.45. The minimum absolute atomic E-state index is 0.0399. The monoisotopic (exact) mass is 526 g/mol. The van der Waals surface area contributed by atoms with Gasteiger partial charge >= 0.3 is 0 Å². The molecule has 0 nitrogen and oxygen atoms in total. The van der Waals surface area contributed by atoms with E-state index in [1.807, 2.05) is 0 Å². The Balaban J connectivity index is 1.33. The number of rotatable bonds is 0. The summed E-state index contributed by atoms with van der Waals surface area (Å²) in [7, 11) is 0. The second kappa shape index (κ2) is 7.18. The fraction of sp³-hybridized carbons (Fsp3) is 0.220. The molecular formula is C41H34. The van der Waals surface area contributed by atoms with Crippen molar-refractivity contribution in [1.29, 1.82) is 0 Å². The third-order valence-corrected chi connectivity index (χ3v) is 11.0. The highest BCUT2D eigenvalue weighted by atomic mass is 14.5. The van der Waals surface area contributed by atoms with Gasteiger partial charge in [0.05, 0.1) is 0 Å². The lowest BCUT2D eigenvalue weighted by Crippen LogP contribution is -2.17. The largest absolute Gasteiger partial charge is 0.0616 e. The van der Waals surface area contributed by atoms with E-state index < -0.39 is 0 Å². The second-order valence-electron chi connectivity index (χ2n) is 14.2. The van der Waals surface area contributed by atoms with Crippen LogP contribution in [-0.4, -0.2) is 0 Å². The molecule has 0 fully saturated rings. The molecule has 0 amide bonds. The average Bonchev–Trinajstić information content (AvgIpc) is 3.44. The summed E-state index contributed by atoms with van der Waals surface area (Å²) in [6, 6.07) is 37.4. The molecule has 9 rings (SSSR count). The van der Waals surface area contributed by atoms with Crippen LogP contribution < -0.4 is 0 Å². The van der Waals surface area contributed by atoms with E-state index in [1.54, 1.807) is 0 Å². The second-order valence-corrected chi connectivity index (χ2v) is 14.2. The highest BCUT2D eigenvalue weighted by Crippen LogP contribution is 2.60. The molecule has 0 bridgehead atoms. The van der Waals surface area contributed by atoms with E-state index in [9.17, 15) is 0 Å². The molecule has 0 saturated heterocycles. The Morgan fingerprint density at radius 2 is 0.683 bits per heavy atom. The molecule has 0 unspecified atom stereocenters. The molecule has 3 aliphatic carbocycles. The lowest BCUT2D eigenvalue weighted by molar-refractivity contribution is 0.649. The first-order valence-electron chi connectivity index (χ1n) is 15.0. The van der Waals surface area contributed by atoms with Gasteiger partial charge in [-0.3, -0.25) is 0 Å². The van der Waals surface area contributed by atoms with Crippen molar-refractivity contribution in [2.24, 2.45) is 0 Å². The van der Waals surface area contributed by atoms with Crippen LogP contribution in [0.15, 0.2) is 97.1 Å². The average molecular weight is 527 g/mol.